The highest BCUT2D eigenvalue weighted by Gasteiger charge is 2.07. The van der Waals surface area contributed by atoms with Crippen molar-refractivity contribution in [3.05, 3.63) is 29.8 Å². The van der Waals surface area contributed by atoms with Crippen molar-refractivity contribution in [3.63, 3.8) is 0 Å². The first kappa shape index (κ1) is 18.8. The standard InChI is InChI=1S/C16H26N4O3/c1-12(11-22-3)20-16(17-2)19-10-15(21)18-9-13-5-7-14(23-4)8-6-13/h5-8,12H,9-11H2,1-4H3,(H,18,21)(H2,17,19,20). The second kappa shape index (κ2) is 10.4. The van der Waals surface area contributed by atoms with Gasteiger partial charge in [-0.2, -0.15) is 0 Å². The van der Waals surface area contributed by atoms with Crippen molar-refractivity contribution >= 4 is 11.9 Å². The van der Waals surface area contributed by atoms with Crippen LogP contribution in [0.5, 0.6) is 5.75 Å². The van der Waals surface area contributed by atoms with Gasteiger partial charge in [0.1, 0.15) is 5.75 Å². The highest BCUT2D eigenvalue weighted by atomic mass is 16.5. The maximum Gasteiger partial charge on any atom is 0.239 e. The summed E-state index contributed by atoms with van der Waals surface area (Å²) < 4.78 is 10.1. The van der Waals surface area contributed by atoms with Crippen LogP contribution in [0.3, 0.4) is 0 Å². The molecule has 0 radical (unpaired) electrons. The lowest BCUT2D eigenvalue weighted by atomic mass is 10.2. The molecule has 0 spiro atoms. The minimum Gasteiger partial charge on any atom is -0.497 e. The molecule has 1 aromatic carbocycles. The van der Waals surface area contributed by atoms with Gasteiger partial charge in [-0.15, -0.1) is 0 Å². The van der Waals surface area contributed by atoms with Crippen molar-refractivity contribution < 1.29 is 14.3 Å². The summed E-state index contributed by atoms with van der Waals surface area (Å²) >= 11 is 0. The molecule has 0 heterocycles. The van der Waals surface area contributed by atoms with Crippen LogP contribution in [0.25, 0.3) is 0 Å². The number of ether oxygens (including phenoxy) is 2. The number of methoxy groups -OCH3 is 2. The van der Waals surface area contributed by atoms with Crippen LogP contribution < -0.4 is 20.7 Å². The van der Waals surface area contributed by atoms with E-state index in [-0.39, 0.29) is 18.5 Å². The Hall–Kier alpha value is -2.28. The Morgan fingerprint density at radius 1 is 1.22 bits per heavy atom. The molecule has 0 bridgehead atoms. The van der Waals surface area contributed by atoms with Crippen LogP contribution in [0.1, 0.15) is 12.5 Å². The molecule has 0 aliphatic heterocycles. The van der Waals surface area contributed by atoms with Crippen molar-refractivity contribution in [3.8, 4) is 5.75 Å². The summed E-state index contributed by atoms with van der Waals surface area (Å²) in [5.41, 5.74) is 1.01. The van der Waals surface area contributed by atoms with Gasteiger partial charge in [0, 0.05) is 26.7 Å². The highest BCUT2D eigenvalue weighted by molar-refractivity contribution is 5.86. The minimum atomic E-state index is -0.108. The molecule has 128 valence electrons. The number of guanidine groups is 1. The van der Waals surface area contributed by atoms with E-state index in [4.69, 9.17) is 9.47 Å². The second-order valence-electron chi connectivity index (χ2n) is 5.05. The van der Waals surface area contributed by atoms with Gasteiger partial charge in [-0.25, -0.2) is 0 Å². The molecule has 0 aromatic heterocycles. The lowest BCUT2D eigenvalue weighted by Crippen LogP contribution is -2.47. The van der Waals surface area contributed by atoms with Crippen LogP contribution in [-0.4, -0.2) is 52.3 Å². The molecule has 0 aliphatic rings. The third-order valence-electron chi connectivity index (χ3n) is 3.09. The van der Waals surface area contributed by atoms with E-state index >= 15 is 0 Å². The Morgan fingerprint density at radius 2 is 1.91 bits per heavy atom. The quantitative estimate of drug-likeness (QED) is 0.480. The molecule has 0 aliphatic carbocycles. The number of amides is 1. The zero-order valence-electron chi connectivity index (χ0n) is 14.2. The van der Waals surface area contributed by atoms with Crippen LogP contribution in [0.4, 0.5) is 0 Å². The Balaban J connectivity index is 2.32. The maximum atomic E-state index is 11.9. The van der Waals surface area contributed by atoms with E-state index in [1.165, 1.54) is 0 Å². The van der Waals surface area contributed by atoms with E-state index in [9.17, 15) is 4.79 Å². The molecule has 1 rings (SSSR count). The number of carbonyl (C=O) groups is 1. The maximum absolute atomic E-state index is 11.9. The lowest BCUT2D eigenvalue weighted by Gasteiger charge is -2.17. The molecule has 0 saturated carbocycles. The molecule has 1 atom stereocenters. The van der Waals surface area contributed by atoms with E-state index in [1.54, 1.807) is 21.3 Å². The van der Waals surface area contributed by atoms with Crippen molar-refractivity contribution in [1.82, 2.24) is 16.0 Å². The summed E-state index contributed by atoms with van der Waals surface area (Å²) in [5.74, 6) is 1.25. The number of nitrogens with zero attached hydrogens (tertiary/aromatic N) is 1. The smallest absolute Gasteiger partial charge is 0.239 e. The average molecular weight is 322 g/mol. The summed E-state index contributed by atoms with van der Waals surface area (Å²) in [6, 6.07) is 7.66. The number of hydrogen-bond acceptors (Lipinski definition) is 4. The van der Waals surface area contributed by atoms with Gasteiger partial charge in [-0.1, -0.05) is 12.1 Å². The number of carbonyl (C=O) groups excluding carboxylic acids is 1. The van der Waals surface area contributed by atoms with Gasteiger partial charge in [-0.05, 0) is 24.6 Å². The molecule has 1 aromatic rings. The zero-order chi connectivity index (χ0) is 17.1. The fraction of sp³-hybridized carbons (Fsp3) is 0.500. The number of nitrogens with one attached hydrogen (secondary N) is 3. The largest absolute Gasteiger partial charge is 0.497 e. The van der Waals surface area contributed by atoms with Gasteiger partial charge < -0.3 is 25.4 Å². The first-order valence-corrected chi connectivity index (χ1v) is 7.44. The first-order chi connectivity index (χ1) is 11.1. The molecular weight excluding hydrogens is 296 g/mol. The molecule has 23 heavy (non-hydrogen) atoms. The van der Waals surface area contributed by atoms with Crippen molar-refractivity contribution in [2.24, 2.45) is 4.99 Å². The predicted molar refractivity (Wildman–Crippen MR) is 90.7 cm³/mol. The van der Waals surface area contributed by atoms with Gasteiger partial charge in [0.25, 0.3) is 0 Å². The van der Waals surface area contributed by atoms with E-state index in [2.05, 4.69) is 20.9 Å². The van der Waals surface area contributed by atoms with E-state index < -0.39 is 0 Å². The summed E-state index contributed by atoms with van der Waals surface area (Å²) in [6.45, 7) is 3.15. The molecule has 0 saturated heterocycles. The van der Waals surface area contributed by atoms with Gasteiger partial charge in [0.2, 0.25) is 5.91 Å². The van der Waals surface area contributed by atoms with Gasteiger partial charge in [-0.3, -0.25) is 9.79 Å². The molecule has 1 amide bonds. The van der Waals surface area contributed by atoms with Gasteiger partial charge in [0.15, 0.2) is 5.96 Å². The third-order valence-corrected chi connectivity index (χ3v) is 3.09. The number of rotatable bonds is 8. The van der Waals surface area contributed by atoms with Crippen LogP contribution in [0, 0.1) is 0 Å². The van der Waals surface area contributed by atoms with Crippen LogP contribution >= 0.6 is 0 Å². The number of aliphatic imine (C=N–C) groups is 1. The fourth-order valence-electron chi connectivity index (χ4n) is 1.89. The Morgan fingerprint density at radius 3 is 2.48 bits per heavy atom. The predicted octanol–water partition coefficient (Wildman–Crippen LogP) is 0.511. The highest BCUT2D eigenvalue weighted by Crippen LogP contribution is 2.10. The summed E-state index contributed by atoms with van der Waals surface area (Å²) in [7, 11) is 4.92. The Kier molecular flexibility index (Phi) is 8.52. The molecular formula is C16H26N4O3. The molecule has 1 unspecified atom stereocenters. The fourth-order valence-corrected chi connectivity index (χ4v) is 1.89. The van der Waals surface area contributed by atoms with Crippen LogP contribution in [0.2, 0.25) is 0 Å². The number of benzene rings is 1. The molecule has 3 N–H and O–H groups in total. The average Bonchev–Trinajstić information content (AvgIpc) is 2.57. The minimum absolute atomic E-state index is 0.105. The number of hydrogen-bond donors (Lipinski definition) is 3. The van der Waals surface area contributed by atoms with Gasteiger partial charge >= 0.3 is 0 Å². The zero-order valence-corrected chi connectivity index (χ0v) is 14.2. The SMILES string of the molecule is CN=C(NCC(=O)NCc1ccc(OC)cc1)NC(C)COC. The van der Waals surface area contributed by atoms with Crippen LogP contribution in [0.15, 0.2) is 29.3 Å². The first-order valence-electron chi connectivity index (χ1n) is 7.44. The summed E-state index contributed by atoms with van der Waals surface area (Å²) in [5, 5.41) is 8.94. The van der Waals surface area contributed by atoms with Gasteiger partial charge in [0.05, 0.1) is 20.3 Å². The van der Waals surface area contributed by atoms with E-state index in [0.717, 1.165) is 11.3 Å². The van der Waals surface area contributed by atoms with E-state index in [0.29, 0.717) is 19.1 Å². The van der Waals surface area contributed by atoms with Crippen molar-refractivity contribution in [2.45, 2.75) is 19.5 Å². The van der Waals surface area contributed by atoms with E-state index in [1.807, 2.05) is 31.2 Å². The Bertz CT molecular complexity index is 503. The van der Waals surface area contributed by atoms with Crippen molar-refractivity contribution in [1.29, 1.82) is 0 Å². The lowest BCUT2D eigenvalue weighted by molar-refractivity contribution is -0.120. The Labute approximate surface area is 137 Å². The molecule has 7 nitrogen and oxygen atoms in total. The van der Waals surface area contributed by atoms with Crippen molar-refractivity contribution in [2.75, 3.05) is 34.4 Å². The summed E-state index contributed by atoms with van der Waals surface area (Å²) in [6.07, 6.45) is 0. The second-order valence-corrected chi connectivity index (χ2v) is 5.05. The van der Waals surface area contributed by atoms with Crippen LogP contribution in [-0.2, 0) is 16.1 Å². The molecule has 7 heteroatoms. The normalized spacial score (nSPS) is 12.4. The third kappa shape index (κ3) is 7.51. The monoisotopic (exact) mass is 322 g/mol. The topological polar surface area (TPSA) is 84.0 Å². The summed E-state index contributed by atoms with van der Waals surface area (Å²) in [4.78, 5) is 15.9. The molecule has 0 fully saturated rings.